The molecule has 1 aliphatic rings. The summed E-state index contributed by atoms with van der Waals surface area (Å²) in [7, 11) is 0. The summed E-state index contributed by atoms with van der Waals surface area (Å²) >= 11 is 3.44. The molecule has 1 N–H and O–H groups in total. The van der Waals surface area contributed by atoms with Gasteiger partial charge in [-0.05, 0) is 42.4 Å². The summed E-state index contributed by atoms with van der Waals surface area (Å²) < 4.78 is 1.09. The Morgan fingerprint density at radius 3 is 2.79 bits per heavy atom. The molecule has 14 heavy (non-hydrogen) atoms. The Morgan fingerprint density at radius 2 is 2.21 bits per heavy atom. The van der Waals surface area contributed by atoms with Gasteiger partial charge in [0, 0.05) is 4.47 Å². The van der Waals surface area contributed by atoms with Crippen LogP contribution in [0.5, 0.6) is 0 Å². The molecule has 0 aliphatic heterocycles. The third-order valence-electron chi connectivity index (χ3n) is 3.16. The number of aliphatic hydroxyl groups is 1. The van der Waals surface area contributed by atoms with Gasteiger partial charge in [0.1, 0.15) is 0 Å². The van der Waals surface area contributed by atoms with Gasteiger partial charge in [0.15, 0.2) is 0 Å². The standard InChI is InChI=1S/C12H15BrO/c1-12(5-6-12)11(14)8-9-3-2-4-10(13)7-9/h2-4,7,11,14H,5-6,8H2,1H3. The van der Waals surface area contributed by atoms with Crippen molar-refractivity contribution in [3.63, 3.8) is 0 Å². The lowest BCUT2D eigenvalue weighted by Gasteiger charge is -2.17. The Morgan fingerprint density at radius 1 is 1.50 bits per heavy atom. The number of rotatable bonds is 3. The minimum atomic E-state index is -0.184. The molecule has 1 aromatic rings. The summed E-state index contributed by atoms with van der Waals surface area (Å²) in [5, 5.41) is 9.98. The number of halogens is 1. The molecule has 0 spiro atoms. The van der Waals surface area contributed by atoms with Crippen molar-refractivity contribution in [1.82, 2.24) is 0 Å². The molecule has 0 amide bonds. The van der Waals surface area contributed by atoms with Crippen LogP contribution in [0.4, 0.5) is 0 Å². The molecule has 2 rings (SSSR count). The summed E-state index contributed by atoms with van der Waals surface area (Å²) in [6.45, 7) is 2.16. The molecule has 76 valence electrons. The van der Waals surface area contributed by atoms with Crippen LogP contribution in [0.1, 0.15) is 25.3 Å². The minimum Gasteiger partial charge on any atom is -0.392 e. The van der Waals surface area contributed by atoms with E-state index in [1.165, 1.54) is 18.4 Å². The Hall–Kier alpha value is -0.340. The highest BCUT2D eigenvalue weighted by molar-refractivity contribution is 9.10. The molecule has 0 radical (unpaired) electrons. The van der Waals surface area contributed by atoms with Gasteiger partial charge in [-0.3, -0.25) is 0 Å². The second-order valence-corrected chi connectivity index (χ2v) is 5.42. The van der Waals surface area contributed by atoms with Gasteiger partial charge in [0.25, 0.3) is 0 Å². The van der Waals surface area contributed by atoms with Crippen LogP contribution < -0.4 is 0 Å². The summed E-state index contributed by atoms with van der Waals surface area (Å²) in [6, 6.07) is 8.17. The van der Waals surface area contributed by atoms with Gasteiger partial charge in [0.05, 0.1) is 6.10 Å². The van der Waals surface area contributed by atoms with Gasteiger partial charge < -0.3 is 5.11 Å². The van der Waals surface area contributed by atoms with E-state index in [-0.39, 0.29) is 11.5 Å². The maximum atomic E-state index is 9.98. The van der Waals surface area contributed by atoms with Crippen LogP contribution in [0, 0.1) is 5.41 Å². The van der Waals surface area contributed by atoms with Gasteiger partial charge in [-0.1, -0.05) is 35.0 Å². The van der Waals surface area contributed by atoms with Gasteiger partial charge in [-0.2, -0.15) is 0 Å². The Labute approximate surface area is 93.3 Å². The maximum Gasteiger partial charge on any atom is 0.0634 e. The second-order valence-electron chi connectivity index (χ2n) is 4.50. The highest BCUT2D eigenvalue weighted by Crippen LogP contribution is 2.48. The van der Waals surface area contributed by atoms with Crippen molar-refractivity contribution in [3.05, 3.63) is 34.3 Å². The molecule has 0 aromatic heterocycles. The largest absolute Gasteiger partial charge is 0.392 e. The van der Waals surface area contributed by atoms with E-state index in [0.717, 1.165) is 10.9 Å². The van der Waals surface area contributed by atoms with E-state index in [1.54, 1.807) is 0 Å². The average molecular weight is 255 g/mol. The van der Waals surface area contributed by atoms with Crippen LogP contribution in [0.25, 0.3) is 0 Å². The summed E-state index contributed by atoms with van der Waals surface area (Å²) in [5.41, 5.74) is 1.41. The molecule has 2 heteroatoms. The maximum absolute atomic E-state index is 9.98. The highest BCUT2D eigenvalue weighted by atomic mass is 79.9. The monoisotopic (exact) mass is 254 g/mol. The number of benzene rings is 1. The van der Waals surface area contributed by atoms with Gasteiger partial charge in [-0.25, -0.2) is 0 Å². The molecule has 1 atom stereocenters. The van der Waals surface area contributed by atoms with Gasteiger partial charge >= 0.3 is 0 Å². The normalized spacial score (nSPS) is 20.5. The van der Waals surface area contributed by atoms with E-state index in [2.05, 4.69) is 35.0 Å². The lowest BCUT2D eigenvalue weighted by molar-refractivity contribution is 0.103. The molecule has 1 aromatic carbocycles. The zero-order chi connectivity index (χ0) is 10.2. The van der Waals surface area contributed by atoms with E-state index in [1.807, 2.05) is 12.1 Å². The number of hydrogen-bond donors (Lipinski definition) is 1. The highest BCUT2D eigenvalue weighted by Gasteiger charge is 2.43. The van der Waals surface area contributed by atoms with Crippen LogP contribution in [0.15, 0.2) is 28.7 Å². The fourth-order valence-electron chi connectivity index (χ4n) is 1.66. The molecule has 1 saturated carbocycles. The average Bonchev–Trinajstić information content (AvgIpc) is 2.85. The van der Waals surface area contributed by atoms with Crippen LogP contribution in [-0.2, 0) is 6.42 Å². The molecule has 1 unspecified atom stereocenters. The third kappa shape index (κ3) is 2.18. The van der Waals surface area contributed by atoms with Crippen molar-refractivity contribution >= 4 is 15.9 Å². The molecule has 0 heterocycles. The van der Waals surface area contributed by atoms with Crippen molar-refractivity contribution in [1.29, 1.82) is 0 Å². The van der Waals surface area contributed by atoms with Crippen LogP contribution in [-0.4, -0.2) is 11.2 Å². The van der Waals surface area contributed by atoms with Crippen LogP contribution >= 0.6 is 15.9 Å². The van der Waals surface area contributed by atoms with Crippen molar-refractivity contribution in [2.45, 2.75) is 32.3 Å². The molecule has 1 nitrogen and oxygen atoms in total. The summed E-state index contributed by atoms with van der Waals surface area (Å²) in [5.74, 6) is 0. The van der Waals surface area contributed by atoms with E-state index in [4.69, 9.17) is 0 Å². The van der Waals surface area contributed by atoms with Crippen LogP contribution in [0.2, 0.25) is 0 Å². The molecular formula is C12H15BrO. The first-order valence-corrected chi connectivity index (χ1v) is 5.82. The number of aliphatic hydroxyl groups excluding tert-OH is 1. The summed E-state index contributed by atoms with van der Waals surface area (Å²) in [6.07, 6.45) is 2.93. The van der Waals surface area contributed by atoms with Crippen LogP contribution in [0.3, 0.4) is 0 Å². The topological polar surface area (TPSA) is 20.2 Å². The van der Waals surface area contributed by atoms with Crippen molar-refractivity contribution in [2.24, 2.45) is 5.41 Å². The molecular weight excluding hydrogens is 240 g/mol. The van der Waals surface area contributed by atoms with Crippen molar-refractivity contribution in [2.75, 3.05) is 0 Å². The lowest BCUT2D eigenvalue weighted by Crippen LogP contribution is -2.21. The third-order valence-corrected chi connectivity index (χ3v) is 3.65. The van der Waals surface area contributed by atoms with E-state index >= 15 is 0 Å². The van der Waals surface area contributed by atoms with Crippen molar-refractivity contribution in [3.8, 4) is 0 Å². The molecule has 1 fully saturated rings. The first kappa shape index (κ1) is 10.2. The molecule has 0 saturated heterocycles. The number of hydrogen-bond acceptors (Lipinski definition) is 1. The Kier molecular flexibility index (Phi) is 2.67. The zero-order valence-electron chi connectivity index (χ0n) is 8.33. The van der Waals surface area contributed by atoms with Gasteiger partial charge in [0.2, 0.25) is 0 Å². The zero-order valence-corrected chi connectivity index (χ0v) is 9.92. The second kappa shape index (κ2) is 3.67. The SMILES string of the molecule is CC1(C(O)Cc2cccc(Br)c2)CC1. The van der Waals surface area contributed by atoms with Gasteiger partial charge in [-0.15, -0.1) is 0 Å². The van der Waals surface area contributed by atoms with E-state index < -0.39 is 0 Å². The Balaban J connectivity index is 2.03. The van der Waals surface area contributed by atoms with E-state index in [0.29, 0.717) is 0 Å². The minimum absolute atomic E-state index is 0.184. The Bertz CT molecular complexity index is 331. The lowest BCUT2D eigenvalue weighted by atomic mass is 9.95. The molecule has 1 aliphatic carbocycles. The summed E-state index contributed by atoms with van der Waals surface area (Å²) in [4.78, 5) is 0. The predicted molar refractivity (Wildman–Crippen MR) is 61.2 cm³/mol. The quantitative estimate of drug-likeness (QED) is 0.879. The smallest absolute Gasteiger partial charge is 0.0634 e. The fourth-order valence-corrected chi connectivity index (χ4v) is 2.11. The van der Waals surface area contributed by atoms with E-state index in [9.17, 15) is 5.11 Å². The van der Waals surface area contributed by atoms with Crippen molar-refractivity contribution < 1.29 is 5.11 Å². The fraction of sp³-hybridized carbons (Fsp3) is 0.500. The molecule has 0 bridgehead atoms. The predicted octanol–water partition coefficient (Wildman–Crippen LogP) is 3.15. The first-order chi connectivity index (χ1) is 6.60. The first-order valence-electron chi connectivity index (χ1n) is 5.03.